The van der Waals surface area contributed by atoms with Crippen LogP contribution in [0.5, 0.6) is 5.75 Å². The van der Waals surface area contributed by atoms with Crippen LogP contribution in [0.3, 0.4) is 0 Å². The van der Waals surface area contributed by atoms with Crippen molar-refractivity contribution >= 4 is 78.0 Å². The van der Waals surface area contributed by atoms with Crippen molar-refractivity contribution in [3.05, 3.63) is 75.7 Å². The molecule has 31 heavy (non-hydrogen) atoms. The van der Waals surface area contributed by atoms with Crippen LogP contribution in [-0.4, -0.2) is 23.1 Å². The number of aromatic nitrogens is 1. The number of carbonyl (C=O) groups is 1. The van der Waals surface area contributed by atoms with E-state index in [1.807, 2.05) is 36.4 Å². The Morgan fingerprint density at radius 2 is 1.97 bits per heavy atom. The van der Waals surface area contributed by atoms with E-state index < -0.39 is 0 Å². The van der Waals surface area contributed by atoms with Crippen molar-refractivity contribution in [2.24, 2.45) is 0 Å². The monoisotopic (exact) mass is 531 g/mol. The summed E-state index contributed by atoms with van der Waals surface area (Å²) < 4.78 is 7.10. The minimum Gasteiger partial charge on any atom is -0.496 e. The van der Waals surface area contributed by atoms with Gasteiger partial charge < -0.3 is 10.1 Å². The number of nitrogens with one attached hydrogen (secondary N) is 2. The molecule has 1 amide bonds. The highest BCUT2D eigenvalue weighted by Crippen LogP contribution is 2.36. The van der Waals surface area contributed by atoms with Gasteiger partial charge in [-0.3, -0.25) is 10.1 Å². The van der Waals surface area contributed by atoms with Gasteiger partial charge in [-0.05, 0) is 60.7 Å². The van der Waals surface area contributed by atoms with Crippen molar-refractivity contribution in [1.82, 2.24) is 10.3 Å². The number of hydrogen-bond acceptors (Lipinski definition) is 5. The number of para-hydroxylation sites is 1. The highest BCUT2D eigenvalue weighted by atomic mass is 79.9. The maximum Gasteiger partial charge on any atom is 0.261 e. The van der Waals surface area contributed by atoms with E-state index in [1.54, 1.807) is 35.6 Å². The Labute approximate surface area is 201 Å². The van der Waals surface area contributed by atoms with Gasteiger partial charge in [0.25, 0.3) is 5.91 Å². The second-order valence-electron chi connectivity index (χ2n) is 6.43. The molecule has 156 valence electrons. The number of methoxy groups -OCH3 is 1. The average Bonchev–Trinajstić information content (AvgIpc) is 3.19. The van der Waals surface area contributed by atoms with Crippen molar-refractivity contribution in [3.8, 4) is 16.3 Å². The topological polar surface area (TPSA) is 63.2 Å². The molecular weight excluding hydrogens is 518 g/mol. The molecule has 1 heterocycles. The first kappa shape index (κ1) is 21.7. The van der Waals surface area contributed by atoms with E-state index in [0.29, 0.717) is 22.0 Å². The summed E-state index contributed by atoms with van der Waals surface area (Å²) in [7, 11) is 1.51. The Kier molecular flexibility index (Phi) is 6.52. The van der Waals surface area contributed by atoms with Gasteiger partial charge in [0.1, 0.15) is 10.8 Å². The van der Waals surface area contributed by atoms with Crippen LogP contribution in [0.25, 0.3) is 20.8 Å². The molecule has 0 unspecified atom stereocenters. The van der Waals surface area contributed by atoms with Crippen LogP contribution in [0.4, 0.5) is 5.69 Å². The molecule has 9 heteroatoms. The summed E-state index contributed by atoms with van der Waals surface area (Å²) in [4.78, 5) is 17.4. The summed E-state index contributed by atoms with van der Waals surface area (Å²) >= 11 is 16.6. The number of carbonyl (C=O) groups excluding carboxylic acids is 1. The lowest BCUT2D eigenvalue weighted by Crippen LogP contribution is -2.34. The number of hydrogen-bond donors (Lipinski definition) is 2. The second-order valence-corrected chi connectivity index (χ2v) is 9.22. The zero-order valence-corrected chi connectivity index (χ0v) is 20.1. The Bertz CT molecular complexity index is 1280. The minimum absolute atomic E-state index is 0.150. The van der Waals surface area contributed by atoms with Gasteiger partial charge in [-0.15, -0.1) is 11.3 Å². The van der Waals surface area contributed by atoms with Gasteiger partial charge in [-0.1, -0.05) is 39.7 Å². The maximum absolute atomic E-state index is 12.7. The van der Waals surface area contributed by atoms with Gasteiger partial charge in [-0.25, -0.2) is 4.98 Å². The van der Waals surface area contributed by atoms with Crippen LogP contribution in [0.1, 0.15) is 10.4 Å². The molecule has 0 bridgehead atoms. The number of rotatable bonds is 4. The third kappa shape index (κ3) is 4.88. The number of thiazole rings is 1. The molecule has 0 aliphatic heterocycles. The van der Waals surface area contributed by atoms with Gasteiger partial charge in [0.05, 0.1) is 28.6 Å². The fraction of sp³-hybridized carbons (Fsp3) is 0.0455. The van der Waals surface area contributed by atoms with Gasteiger partial charge in [-0.2, -0.15) is 0 Å². The Hall–Kier alpha value is -2.52. The number of amides is 1. The van der Waals surface area contributed by atoms with Crippen LogP contribution >= 0.6 is 51.1 Å². The summed E-state index contributed by atoms with van der Waals surface area (Å²) in [6, 6.07) is 18.5. The Morgan fingerprint density at radius 1 is 1.16 bits per heavy atom. The third-order valence-electron chi connectivity index (χ3n) is 4.39. The van der Waals surface area contributed by atoms with Gasteiger partial charge >= 0.3 is 0 Å². The molecule has 0 aliphatic carbocycles. The smallest absolute Gasteiger partial charge is 0.261 e. The van der Waals surface area contributed by atoms with E-state index in [0.717, 1.165) is 25.3 Å². The highest BCUT2D eigenvalue weighted by Gasteiger charge is 2.16. The van der Waals surface area contributed by atoms with E-state index in [1.165, 1.54) is 7.11 Å². The van der Waals surface area contributed by atoms with Crippen LogP contribution in [0.2, 0.25) is 5.02 Å². The largest absolute Gasteiger partial charge is 0.496 e. The maximum atomic E-state index is 12.7. The molecule has 3 aromatic carbocycles. The van der Waals surface area contributed by atoms with Crippen LogP contribution in [0.15, 0.2) is 65.1 Å². The van der Waals surface area contributed by atoms with Crippen LogP contribution in [0, 0.1) is 0 Å². The first-order valence-corrected chi connectivity index (χ1v) is 11.5. The number of fused-ring (bicyclic) bond motifs is 1. The molecule has 0 spiro atoms. The fourth-order valence-corrected chi connectivity index (χ4v) is 4.70. The number of anilines is 1. The lowest BCUT2D eigenvalue weighted by Gasteiger charge is -2.14. The molecule has 4 aromatic rings. The summed E-state index contributed by atoms with van der Waals surface area (Å²) in [6.45, 7) is 0. The molecule has 0 radical (unpaired) electrons. The van der Waals surface area contributed by atoms with E-state index >= 15 is 0 Å². The molecule has 0 atom stereocenters. The minimum atomic E-state index is -0.383. The Morgan fingerprint density at radius 3 is 2.74 bits per heavy atom. The second kappa shape index (κ2) is 9.32. The molecule has 0 aliphatic rings. The summed E-state index contributed by atoms with van der Waals surface area (Å²) in [6.07, 6.45) is 0. The molecule has 0 saturated heterocycles. The lowest BCUT2D eigenvalue weighted by atomic mass is 10.2. The van der Waals surface area contributed by atoms with Gasteiger partial charge in [0.15, 0.2) is 5.11 Å². The lowest BCUT2D eigenvalue weighted by molar-refractivity contribution is 0.0974. The van der Waals surface area contributed by atoms with Crippen molar-refractivity contribution < 1.29 is 9.53 Å². The zero-order valence-electron chi connectivity index (χ0n) is 16.1. The predicted molar refractivity (Wildman–Crippen MR) is 134 cm³/mol. The van der Waals surface area contributed by atoms with Crippen LogP contribution < -0.4 is 15.4 Å². The van der Waals surface area contributed by atoms with Crippen molar-refractivity contribution in [2.45, 2.75) is 0 Å². The molecule has 0 saturated carbocycles. The van der Waals surface area contributed by atoms with Crippen LogP contribution in [-0.2, 0) is 0 Å². The van der Waals surface area contributed by atoms with Crippen molar-refractivity contribution in [1.29, 1.82) is 0 Å². The van der Waals surface area contributed by atoms with Crippen molar-refractivity contribution in [3.63, 3.8) is 0 Å². The summed E-state index contributed by atoms with van der Waals surface area (Å²) in [5.41, 5.74) is 2.76. The third-order valence-corrected chi connectivity index (χ3v) is 6.39. The number of benzene rings is 3. The summed E-state index contributed by atoms with van der Waals surface area (Å²) in [5.74, 6) is 0.0660. The number of thiocarbonyl (C=S) groups is 1. The van der Waals surface area contributed by atoms with Gasteiger partial charge in [0.2, 0.25) is 0 Å². The predicted octanol–water partition coefficient (Wildman–Crippen LogP) is 6.51. The average molecular weight is 533 g/mol. The van der Waals surface area contributed by atoms with Crippen molar-refractivity contribution in [2.75, 3.05) is 12.4 Å². The molecule has 2 N–H and O–H groups in total. The molecular formula is C22H15BrClN3O2S2. The first-order chi connectivity index (χ1) is 14.9. The normalized spacial score (nSPS) is 10.7. The van der Waals surface area contributed by atoms with E-state index in [4.69, 9.17) is 33.5 Å². The van der Waals surface area contributed by atoms with E-state index in [-0.39, 0.29) is 11.0 Å². The summed E-state index contributed by atoms with van der Waals surface area (Å²) in [5, 5.41) is 7.31. The number of halogens is 2. The zero-order chi connectivity index (χ0) is 22.0. The fourth-order valence-electron chi connectivity index (χ4n) is 2.97. The quantitative estimate of drug-likeness (QED) is 0.293. The molecule has 5 nitrogen and oxygen atoms in total. The number of nitrogens with zero attached hydrogens (tertiary/aromatic N) is 1. The number of ether oxygens (including phenoxy) is 1. The standard InChI is InChI=1S/C22H15BrClN3O2S2/c1-29-18-9-6-12(23)10-15(18)20(28)27-22(30)26-16-8-7-13(24)11-14(16)21-25-17-4-2-3-5-19(17)31-21/h2-11H,1H3,(H2,26,27,28,30). The van der Waals surface area contributed by atoms with Gasteiger partial charge in [0, 0.05) is 15.1 Å². The molecule has 0 fully saturated rings. The van der Waals surface area contributed by atoms with E-state index in [2.05, 4.69) is 26.6 Å². The molecule has 1 aromatic heterocycles. The molecule has 4 rings (SSSR count). The SMILES string of the molecule is COc1ccc(Br)cc1C(=O)NC(=S)Nc1ccc(Cl)cc1-c1nc2ccccc2s1. The first-order valence-electron chi connectivity index (χ1n) is 9.06. The highest BCUT2D eigenvalue weighted by molar-refractivity contribution is 9.10. The Balaban J connectivity index is 1.59. The van der Waals surface area contributed by atoms with E-state index in [9.17, 15) is 4.79 Å².